The maximum absolute atomic E-state index is 12.4. The number of aryl methyl sites for hydroxylation is 1. The molecule has 0 bridgehead atoms. The van der Waals surface area contributed by atoms with Crippen LogP contribution in [0.2, 0.25) is 5.02 Å². The van der Waals surface area contributed by atoms with Crippen molar-refractivity contribution in [3.05, 3.63) is 76.5 Å². The SMILES string of the molecule is Cc1onc(-c2ccccc2)c1C(=O)OCC(=O)NCc1cccc(Cl)c1. The summed E-state index contributed by atoms with van der Waals surface area (Å²) in [5, 5.41) is 7.19. The van der Waals surface area contributed by atoms with Crippen molar-refractivity contribution >= 4 is 23.5 Å². The van der Waals surface area contributed by atoms with E-state index in [1.54, 1.807) is 25.1 Å². The monoisotopic (exact) mass is 384 g/mol. The zero-order chi connectivity index (χ0) is 19.2. The lowest BCUT2D eigenvalue weighted by atomic mass is 10.1. The molecule has 0 aliphatic heterocycles. The van der Waals surface area contributed by atoms with Crippen LogP contribution in [0.1, 0.15) is 21.7 Å². The Hall–Kier alpha value is -3.12. The molecular weight excluding hydrogens is 368 g/mol. The van der Waals surface area contributed by atoms with E-state index in [4.69, 9.17) is 20.9 Å². The zero-order valence-corrected chi connectivity index (χ0v) is 15.3. The number of halogens is 1. The summed E-state index contributed by atoms with van der Waals surface area (Å²) in [5.74, 6) is -0.748. The second-order valence-corrected chi connectivity index (χ2v) is 6.25. The highest BCUT2D eigenvalue weighted by Gasteiger charge is 2.23. The molecule has 3 aromatic rings. The number of benzene rings is 2. The molecular formula is C20H17ClN2O4. The number of nitrogens with one attached hydrogen (secondary N) is 1. The van der Waals surface area contributed by atoms with Crippen molar-refractivity contribution in [1.29, 1.82) is 0 Å². The van der Waals surface area contributed by atoms with Crippen molar-refractivity contribution in [1.82, 2.24) is 10.5 Å². The Balaban J connectivity index is 1.60. The van der Waals surface area contributed by atoms with Gasteiger partial charge in [-0.15, -0.1) is 0 Å². The van der Waals surface area contributed by atoms with Crippen molar-refractivity contribution in [2.45, 2.75) is 13.5 Å². The van der Waals surface area contributed by atoms with Crippen LogP contribution in [-0.2, 0) is 16.1 Å². The first-order valence-corrected chi connectivity index (χ1v) is 8.62. The Bertz CT molecular complexity index is 954. The Labute approximate surface area is 161 Å². The summed E-state index contributed by atoms with van der Waals surface area (Å²) in [4.78, 5) is 24.4. The van der Waals surface area contributed by atoms with E-state index < -0.39 is 18.5 Å². The molecule has 27 heavy (non-hydrogen) atoms. The molecule has 1 N–H and O–H groups in total. The maximum Gasteiger partial charge on any atom is 0.344 e. The summed E-state index contributed by atoms with van der Waals surface area (Å²) in [7, 11) is 0. The van der Waals surface area contributed by atoms with Crippen LogP contribution in [0.5, 0.6) is 0 Å². The molecule has 138 valence electrons. The summed E-state index contributed by atoms with van der Waals surface area (Å²) < 4.78 is 10.3. The van der Waals surface area contributed by atoms with Gasteiger partial charge in [-0.3, -0.25) is 4.79 Å². The Morgan fingerprint density at radius 1 is 1.15 bits per heavy atom. The highest BCUT2D eigenvalue weighted by molar-refractivity contribution is 6.30. The summed E-state index contributed by atoms with van der Waals surface area (Å²) in [6.45, 7) is 1.51. The van der Waals surface area contributed by atoms with Gasteiger partial charge in [0.1, 0.15) is 17.0 Å². The summed E-state index contributed by atoms with van der Waals surface area (Å²) in [6, 6.07) is 16.3. The largest absolute Gasteiger partial charge is 0.452 e. The van der Waals surface area contributed by atoms with E-state index in [1.807, 2.05) is 36.4 Å². The minimum Gasteiger partial charge on any atom is -0.452 e. The molecule has 0 unspecified atom stereocenters. The van der Waals surface area contributed by atoms with E-state index in [2.05, 4.69) is 10.5 Å². The van der Waals surface area contributed by atoms with Crippen LogP contribution >= 0.6 is 11.6 Å². The number of carbonyl (C=O) groups excluding carboxylic acids is 2. The average Bonchev–Trinajstić information content (AvgIpc) is 3.07. The van der Waals surface area contributed by atoms with Gasteiger partial charge in [0.25, 0.3) is 5.91 Å². The third-order valence-corrected chi connectivity index (χ3v) is 4.06. The average molecular weight is 385 g/mol. The minimum atomic E-state index is -0.662. The fraction of sp³-hybridized carbons (Fsp3) is 0.150. The van der Waals surface area contributed by atoms with Gasteiger partial charge in [-0.05, 0) is 24.6 Å². The highest BCUT2D eigenvalue weighted by Crippen LogP contribution is 2.25. The Morgan fingerprint density at radius 3 is 2.67 bits per heavy atom. The molecule has 1 aromatic heterocycles. The fourth-order valence-electron chi connectivity index (χ4n) is 2.51. The summed E-state index contributed by atoms with van der Waals surface area (Å²) >= 11 is 5.90. The molecule has 0 fully saturated rings. The van der Waals surface area contributed by atoms with Crippen molar-refractivity contribution in [3.63, 3.8) is 0 Å². The number of carbonyl (C=O) groups is 2. The van der Waals surface area contributed by atoms with Crippen LogP contribution < -0.4 is 5.32 Å². The first-order chi connectivity index (χ1) is 13.0. The van der Waals surface area contributed by atoms with E-state index in [-0.39, 0.29) is 5.56 Å². The van der Waals surface area contributed by atoms with Gasteiger partial charge >= 0.3 is 5.97 Å². The van der Waals surface area contributed by atoms with Crippen molar-refractivity contribution in [3.8, 4) is 11.3 Å². The number of nitrogens with zero attached hydrogens (tertiary/aromatic N) is 1. The summed E-state index contributed by atoms with van der Waals surface area (Å²) in [6.07, 6.45) is 0. The third kappa shape index (κ3) is 4.74. The van der Waals surface area contributed by atoms with Crippen LogP contribution in [0.4, 0.5) is 0 Å². The van der Waals surface area contributed by atoms with Gasteiger partial charge < -0.3 is 14.6 Å². The first kappa shape index (κ1) is 18.7. The normalized spacial score (nSPS) is 10.4. The fourth-order valence-corrected chi connectivity index (χ4v) is 2.72. The van der Waals surface area contributed by atoms with Crippen molar-refractivity contribution < 1.29 is 18.8 Å². The number of esters is 1. The van der Waals surface area contributed by atoms with Crippen LogP contribution in [0.25, 0.3) is 11.3 Å². The number of amides is 1. The molecule has 0 spiro atoms. The van der Waals surface area contributed by atoms with Crippen molar-refractivity contribution in [2.75, 3.05) is 6.61 Å². The molecule has 2 aromatic carbocycles. The quantitative estimate of drug-likeness (QED) is 0.654. The minimum absolute atomic E-state index is 0.212. The van der Waals surface area contributed by atoms with E-state index in [0.29, 0.717) is 23.0 Å². The van der Waals surface area contributed by atoms with E-state index in [9.17, 15) is 9.59 Å². The predicted molar refractivity (Wildman–Crippen MR) is 100 cm³/mol. The second kappa shape index (κ2) is 8.51. The van der Waals surface area contributed by atoms with Crippen LogP contribution in [-0.4, -0.2) is 23.6 Å². The molecule has 6 nitrogen and oxygen atoms in total. The van der Waals surface area contributed by atoms with Crippen LogP contribution in [0.15, 0.2) is 59.1 Å². The van der Waals surface area contributed by atoms with Gasteiger partial charge in [-0.2, -0.15) is 0 Å². The Morgan fingerprint density at radius 2 is 1.93 bits per heavy atom. The number of hydrogen-bond donors (Lipinski definition) is 1. The lowest BCUT2D eigenvalue weighted by Crippen LogP contribution is -2.28. The molecule has 3 rings (SSSR count). The maximum atomic E-state index is 12.4. The molecule has 7 heteroatoms. The summed E-state index contributed by atoms with van der Waals surface area (Å²) in [5.41, 5.74) is 2.18. The zero-order valence-electron chi connectivity index (χ0n) is 14.6. The van der Waals surface area contributed by atoms with Crippen molar-refractivity contribution in [2.24, 2.45) is 0 Å². The number of ether oxygens (including phenoxy) is 1. The highest BCUT2D eigenvalue weighted by atomic mass is 35.5. The van der Waals surface area contributed by atoms with Gasteiger partial charge in [0.2, 0.25) is 0 Å². The van der Waals surface area contributed by atoms with E-state index in [1.165, 1.54) is 0 Å². The topological polar surface area (TPSA) is 81.4 Å². The third-order valence-electron chi connectivity index (χ3n) is 3.83. The molecule has 0 saturated carbocycles. The molecule has 0 atom stereocenters. The molecule has 0 aliphatic carbocycles. The lowest BCUT2D eigenvalue weighted by molar-refractivity contribution is -0.124. The van der Waals surface area contributed by atoms with Gasteiger partial charge in [-0.25, -0.2) is 4.79 Å². The Kier molecular flexibility index (Phi) is 5.88. The van der Waals surface area contributed by atoms with Gasteiger partial charge in [0, 0.05) is 17.1 Å². The molecule has 1 amide bonds. The predicted octanol–water partition coefficient (Wildman–Crippen LogP) is 3.78. The van der Waals surface area contributed by atoms with E-state index in [0.717, 1.165) is 11.1 Å². The molecule has 0 saturated heterocycles. The number of aromatic nitrogens is 1. The van der Waals surface area contributed by atoms with Gasteiger partial charge in [-0.1, -0.05) is 59.2 Å². The molecule has 0 radical (unpaired) electrons. The number of rotatable bonds is 6. The molecule has 0 aliphatic rings. The van der Waals surface area contributed by atoms with Crippen LogP contribution in [0, 0.1) is 6.92 Å². The second-order valence-electron chi connectivity index (χ2n) is 5.81. The smallest absolute Gasteiger partial charge is 0.344 e. The first-order valence-electron chi connectivity index (χ1n) is 8.24. The van der Waals surface area contributed by atoms with Gasteiger partial charge in [0.15, 0.2) is 6.61 Å². The van der Waals surface area contributed by atoms with Crippen LogP contribution in [0.3, 0.4) is 0 Å². The number of hydrogen-bond acceptors (Lipinski definition) is 5. The van der Waals surface area contributed by atoms with Gasteiger partial charge in [0.05, 0.1) is 0 Å². The lowest BCUT2D eigenvalue weighted by Gasteiger charge is -2.07. The molecule has 1 heterocycles. The van der Waals surface area contributed by atoms with E-state index >= 15 is 0 Å². The standard InChI is InChI=1S/C20H17ClN2O4/c1-13-18(19(23-27-13)15-7-3-2-4-8-15)20(25)26-12-17(24)22-11-14-6-5-9-16(21)10-14/h2-10H,11-12H2,1H3,(H,22,24).